The Bertz CT molecular complexity index is 2560. The number of benzene rings is 5. The van der Waals surface area contributed by atoms with Crippen molar-refractivity contribution >= 4 is 36.2 Å². The van der Waals surface area contributed by atoms with Gasteiger partial charge in [0, 0.05) is 24.8 Å². The molecule has 0 amide bonds. The monoisotopic (exact) mass is 1090 g/mol. The second kappa shape index (κ2) is 23.2. The topological polar surface area (TPSA) is 44.4 Å². The number of aromatic nitrogens is 4. The van der Waals surface area contributed by atoms with Crippen LogP contribution in [0.4, 0.5) is 4.39 Å². The fraction of sp³-hybridized carbons (Fsp3) is 0.400. The lowest BCUT2D eigenvalue weighted by Gasteiger charge is -2.23. The van der Waals surface area contributed by atoms with Crippen molar-refractivity contribution in [2.75, 3.05) is 0 Å². The first-order valence-corrected chi connectivity index (χ1v) is 31.8. The van der Waals surface area contributed by atoms with Crippen molar-refractivity contribution in [2.24, 2.45) is 9.32 Å². The molecule has 70 heavy (non-hydrogen) atoms. The molecule has 6 nitrogen and oxygen atoms in total. The number of imidazole rings is 2. The maximum Gasteiger partial charge on any atom is 0.455 e. The number of nitrogens with zero attached hydrogens (tertiary/aromatic N) is 6. The second-order valence-corrected chi connectivity index (χ2v) is 32.4. The molecule has 372 valence electrons. The van der Waals surface area contributed by atoms with Crippen LogP contribution < -0.4 is 11.2 Å². The van der Waals surface area contributed by atoms with Crippen molar-refractivity contribution in [2.45, 2.75) is 158 Å². The van der Waals surface area contributed by atoms with Crippen molar-refractivity contribution in [1.82, 2.24) is 18.3 Å². The van der Waals surface area contributed by atoms with Crippen LogP contribution in [-0.2, 0) is 0 Å². The molecule has 0 fully saturated rings. The average molecular weight is 1090 g/mol. The molecule has 0 spiro atoms. The summed E-state index contributed by atoms with van der Waals surface area (Å²) in [6.45, 7) is 36.7. The first-order valence-electron chi connectivity index (χ1n) is 25.4. The summed E-state index contributed by atoms with van der Waals surface area (Å²) in [5.41, 5.74) is 13.4. The molecule has 0 aliphatic heterocycles. The zero-order chi connectivity index (χ0) is 51.4. The van der Waals surface area contributed by atoms with Crippen LogP contribution in [0.15, 0.2) is 137 Å². The van der Waals surface area contributed by atoms with E-state index < -0.39 is 5.64 Å². The minimum Gasteiger partial charge on any atom is -0.286 e. The van der Waals surface area contributed by atoms with E-state index in [-0.39, 0.29) is 5.82 Å². The van der Waals surface area contributed by atoms with Crippen LogP contribution in [0.1, 0.15) is 203 Å². The van der Waals surface area contributed by atoms with Crippen LogP contribution in [0, 0.1) is 5.82 Å². The zero-order valence-corrected chi connectivity index (χ0v) is 48.7. The van der Waals surface area contributed by atoms with Gasteiger partial charge in [0.05, 0.1) is 22.7 Å². The lowest BCUT2D eigenvalue weighted by atomic mass is 9.92. The molecule has 0 saturated heterocycles. The highest BCUT2D eigenvalue weighted by Crippen LogP contribution is 2.36. The molecule has 0 aliphatic carbocycles. The molecule has 0 N–H and O–H groups in total. The minimum absolute atomic E-state index is 0.178. The number of halogens is 3. The molecule has 10 heteroatoms. The third kappa shape index (κ3) is 11.9. The van der Waals surface area contributed by atoms with E-state index in [1.54, 1.807) is 18.2 Å². The second-order valence-electron chi connectivity index (χ2n) is 21.1. The van der Waals surface area contributed by atoms with E-state index in [0.29, 0.717) is 47.3 Å². The van der Waals surface area contributed by atoms with E-state index in [0.717, 1.165) is 11.2 Å². The lowest BCUT2D eigenvalue weighted by molar-refractivity contribution is 0.628. The number of rotatable bonds is 14. The van der Waals surface area contributed by atoms with Crippen LogP contribution in [-0.4, -0.2) is 23.9 Å². The summed E-state index contributed by atoms with van der Waals surface area (Å²) >= 11 is 8.60. The van der Waals surface area contributed by atoms with Crippen molar-refractivity contribution in [1.29, 1.82) is 0 Å². The molecular weight excluding hydrogens is 1010 g/mol. The van der Waals surface area contributed by atoms with Gasteiger partial charge in [-0.25, -0.2) is 13.7 Å². The van der Waals surface area contributed by atoms with Crippen LogP contribution >= 0.6 is 30.6 Å². The molecule has 0 aliphatic rings. The Balaban J connectivity index is 0.00000105. The Labute approximate surface area is 435 Å². The van der Waals surface area contributed by atoms with E-state index in [4.69, 9.17) is 9.32 Å². The van der Waals surface area contributed by atoms with Gasteiger partial charge in [-0.2, -0.15) is 0 Å². The van der Waals surface area contributed by atoms with E-state index in [9.17, 15) is 4.39 Å². The third-order valence-electron chi connectivity index (χ3n) is 13.1. The quantitative estimate of drug-likeness (QED) is 0.0770. The Kier molecular flexibility index (Phi) is 18.1. The SMILES string of the molecule is CC(C)c1cccc(C(C)C)c1-n1ccn(-c2c(C(C)C)cccc2C(C)C)c1=N[Si](Br)(Br)N=c1n(-c2c(C(C)C)cccc2C(C)C)ccn1-c1c(C(C)C)cccc1C(C)C.Fc1ccccc1. The van der Waals surface area contributed by atoms with Crippen molar-refractivity contribution in [3.05, 3.63) is 189 Å². The number of hydrogen-bond donors (Lipinski definition) is 0. The van der Waals surface area contributed by atoms with Crippen LogP contribution in [0.25, 0.3) is 22.7 Å². The number of hydrogen-bond acceptors (Lipinski definition) is 2. The van der Waals surface area contributed by atoms with Crippen molar-refractivity contribution in [3.63, 3.8) is 0 Å². The van der Waals surface area contributed by atoms with E-state index in [2.05, 4.69) is 257 Å². The molecule has 5 aromatic carbocycles. The Morgan fingerprint density at radius 3 is 0.686 bits per heavy atom. The first kappa shape index (κ1) is 54.6. The molecule has 7 rings (SSSR count). The summed E-state index contributed by atoms with van der Waals surface area (Å²) in [6.07, 6.45) is 8.90. The minimum atomic E-state index is -3.33. The highest BCUT2D eigenvalue weighted by Gasteiger charge is 2.32. The predicted molar refractivity (Wildman–Crippen MR) is 304 cm³/mol. The standard InChI is InChI=1S/C54H72Br2N6Si.C6H5F/c1-33(2)41-21-17-22-42(34(3)4)49(41)59-29-30-60(50-43(35(5)6)23-18-24-44(50)36(7)8)53(59)57-63(55,56)58-54-61(51-45(37(9)10)25-19-26-46(51)38(11)12)31-32-62(54)52-47(39(13)14)27-20-28-48(52)40(15)16;7-6-4-2-1-3-5-6/h17-40H,1-16H3;1-5H. The van der Waals surface area contributed by atoms with E-state index >= 15 is 0 Å². The van der Waals surface area contributed by atoms with Gasteiger partial charge in [-0.1, -0.05) is 232 Å². The summed E-state index contributed by atoms with van der Waals surface area (Å²) < 4.78 is 33.0. The normalized spacial score (nSPS) is 12.1. The van der Waals surface area contributed by atoms with Crippen molar-refractivity contribution in [3.8, 4) is 22.7 Å². The molecular formula is C60H77Br2FN6Si. The molecule has 0 bridgehead atoms. The van der Waals surface area contributed by atoms with E-state index in [1.807, 2.05) is 0 Å². The van der Waals surface area contributed by atoms with Gasteiger partial charge in [0.1, 0.15) is 5.82 Å². The van der Waals surface area contributed by atoms with Gasteiger partial charge in [0.2, 0.25) is 11.2 Å². The Hall–Kier alpha value is -4.77. The van der Waals surface area contributed by atoms with Crippen LogP contribution in [0.5, 0.6) is 0 Å². The van der Waals surface area contributed by atoms with Crippen molar-refractivity contribution < 1.29 is 4.39 Å². The average Bonchev–Trinajstić information content (AvgIpc) is 3.90. The molecule has 0 atom stereocenters. The molecule has 0 unspecified atom stereocenters. The molecule has 0 radical (unpaired) electrons. The fourth-order valence-corrected chi connectivity index (χ4v) is 12.4. The summed E-state index contributed by atoms with van der Waals surface area (Å²) in [4.78, 5) is 0. The van der Waals surface area contributed by atoms with Gasteiger partial charge in [0.15, 0.2) is 0 Å². The fourth-order valence-electron chi connectivity index (χ4n) is 9.52. The Morgan fingerprint density at radius 1 is 0.329 bits per heavy atom. The van der Waals surface area contributed by atoms with E-state index in [1.165, 1.54) is 79.4 Å². The summed E-state index contributed by atoms with van der Waals surface area (Å²) in [6, 6.07) is 35.1. The maximum atomic E-state index is 11.9. The summed E-state index contributed by atoms with van der Waals surface area (Å²) in [5, 5.41) is 0. The first-order chi connectivity index (χ1) is 33.1. The maximum absolute atomic E-state index is 11.9. The molecule has 0 saturated carbocycles. The highest BCUT2D eigenvalue weighted by atomic mass is 79.9. The largest absolute Gasteiger partial charge is 0.455 e. The van der Waals surface area contributed by atoms with Gasteiger partial charge in [-0.15, -0.1) is 0 Å². The lowest BCUT2D eigenvalue weighted by Crippen LogP contribution is -2.35. The Morgan fingerprint density at radius 2 is 0.529 bits per heavy atom. The van der Waals surface area contributed by atoms with Gasteiger partial charge in [-0.3, -0.25) is 18.3 Å². The molecule has 7 aromatic rings. The summed E-state index contributed by atoms with van der Waals surface area (Å²) in [5.74, 6) is 2.20. The highest BCUT2D eigenvalue weighted by molar-refractivity contribution is 9.51. The van der Waals surface area contributed by atoms with Gasteiger partial charge < -0.3 is 0 Å². The molecule has 2 heterocycles. The summed E-state index contributed by atoms with van der Waals surface area (Å²) in [7, 11) is 0. The van der Waals surface area contributed by atoms with Crippen LogP contribution in [0.3, 0.4) is 0 Å². The smallest absolute Gasteiger partial charge is 0.286 e. The zero-order valence-electron chi connectivity index (χ0n) is 44.6. The van der Waals surface area contributed by atoms with Gasteiger partial charge >= 0.3 is 5.64 Å². The third-order valence-corrected chi connectivity index (χ3v) is 16.2. The predicted octanol–water partition coefficient (Wildman–Crippen LogP) is 17.4. The van der Waals surface area contributed by atoms with Crippen LogP contribution in [0.2, 0.25) is 0 Å². The number of para-hydroxylation sites is 4. The van der Waals surface area contributed by atoms with Gasteiger partial charge in [0.25, 0.3) is 0 Å². The molecule has 2 aromatic heterocycles. The van der Waals surface area contributed by atoms with Gasteiger partial charge in [-0.05, 0) is 104 Å².